The van der Waals surface area contributed by atoms with E-state index < -0.39 is 0 Å². The predicted molar refractivity (Wildman–Crippen MR) is 109 cm³/mol. The summed E-state index contributed by atoms with van der Waals surface area (Å²) in [5.41, 5.74) is 3.68. The summed E-state index contributed by atoms with van der Waals surface area (Å²) < 4.78 is 11.8. The van der Waals surface area contributed by atoms with Gasteiger partial charge in [0.05, 0.1) is 6.61 Å². The minimum absolute atomic E-state index is 0. The molecule has 0 aliphatic heterocycles. The SMILES string of the molecule is CCOc1cc(CNC2CCCC2)ccc1OCc1ccc(C)cc1.Cl. The van der Waals surface area contributed by atoms with Gasteiger partial charge in [-0.1, -0.05) is 48.7 Å². The van der Waals surface area contributed by atoms with E-state index >= 15 is 0 Å². The average molecular weight is 376 g/mol. The van der Waals surface area contributed by atoms with Gasteiger partial charge in [-0.05, 0) is 49.9 Å². The first-order valence-corrected chi connectivity index (χ1v) is 9.42. The quantitative estimate of drug-likeness (QED) is 0.667. The molecule has 0 saturated heterocycles. The lowest BCUT2D eigenvalue weighted by atomic mass is 10.1. The first-order valence-electron chi connectivity index (χ1n) is 9.42. The van der Waals surface area contributed by atoms with Crippen molar-refractivity contribution in [1.82, 2.24) is 5.32 Å². The minimum atomic E-state index is 0. The Morgan fingerprint density at radius 2 is 1.62 bits per heavy atom. The summed E-state index contributed by atoms with van der Waals surface area (Å²) in [7, 11) is 0. The minimum Gasteiger partial charge on any atom is -0.490 e. The highest BCUT2D eigenvalue weighted by Gasteiger charge is 2.14. The highest BCUT2D eigenvalue weighted by molar-refractivity contribution is 5.85. The molecule has 3 rings (SSSR count). The topological polar surface area (TPSA) is 30.5 Å². The summed E-state index contributed by atoms with van der Waals surface area (Å²) in [6.07, 6.45) is 5.31. The molecule has 0 amide bonds. The maximum absolute atomic E-state index is 6.00. The molecule has 1 aliphatic carbocycles. The number of halogens is 1. The Labute approximate surface area is 163 Å². The van der Waals surface area contributed by atoms with Crippen LogP contribution in [0.25, 0.3) is 0 Å². The van der Waals surface area contributed by atoms with Gasteiger partial charge < -0.3 is 14.8 Å². The van der Waals surface area contributed by atoms with E-state index in [0.29, 0.717) is 19.3 Å². The van der Waals surface area contributed by atoms with E-state index in [1.54, 1.807) is 0 Å². The molecule has 3 nitrogen and oxygen atoms in total. The smallest absolute Gasteiger partial charge is 0.161 e. The number of nitrogens with one attached hydrogen (secondary N) is 1. The van der Waals surface area contributed by atoms with Crippen molar-refractivity contribution in [3.8, 4) is 11.5 Å². The third kappa shape index (κ3) is 5.93. The first-order chi connectivity index (χ1) is 12.2. The van der Waals surface area contributed by atoms with Crippen molar-refractivity contribution in [2.45, 2.75) is 58.7 Å². The van der Waals surface area contributed by atoms with E-state index in [-0.39, 0.29) is 12.4 Å². The van der Waals surface area contributed by atoms with Gasteiger partial charge in [0.25, 0.3) is 0 Å². The Kier molecular flexibility index (Phi) is 8.27. The Hall–Kier alpha value is -1.71. The van der Waals surface area contributed by atoms with Crippen LogP contribution in [0.3, 0.4) is 0 Å². The maximum atomic E-state index is 6.00. The second kappa shape index (κ2) is 10.4. The molecule has 0 heterocycles. The van der Waals surface area contributed by atoms with Crippen LogP contribution in [0.2, 0.25) is 0 Å². The van der Waals surface area contributed by atoms with Crippen LogP contribution in [-0.2, 0) is 13.2 Å². The zero-order valence-corrected chi connectivity index (χ0v) is 16.6. The molecule has 0 radical (unpaired) electrons. The number of aryl methyl sites for hydroxylation is 1. The van der Waals surface area contributed by atoms with E-state index in [2.05, 4.69) is 48.6 Å². The molecule has 4 heteroatoms. The molecular formula is C22H30ClNO2. The van der Waals surface area contributed by atoms with Crippen molar-refractivity contribution in [2.24, 2.45) is 0 Å². The summed E-state index contributed by atoms with van der Waals surface area (Å²) >= 11 is 0. The van der Waals surface area contributed by atoms with Gasteiger partial charge in [0.1, 0.15) is 6.61 Å². The predicted octanol–water partition coefficient (Wildman–Crippen LogP) is 5.43. The summed E-state index contributed by atoms with van der Waals surface area (Å²) in [6, 6.07) is 15.4. The molecule has 0 spiro atoms. The molecule has 1 aliphatic rings. The van der Waals surface area contributed by atoms with Crippen LogP contribution in [-0.4, -0.2) is 12.6 Å². The van der Waals surface area contributed by atoms with Crippen molar-refractivity contribution in [1.29, 1.82) is 0 Å². The van der Waals surface area contributed by atoms with Gasteiger partial charge in [-0.2, -0.15) is 0 Å². The summed E-state index contributed by atoms with van der Waals surface area (Å²) in [6.45, 7) is 6.19. The molecule has 0 aromatic heterocycles. The second-order valence-corrected chi connectivity index (χ2v) is 6.85. The standard InChI is InChI=1S/C22H29NO2.ClH/c1-3-24-22-14-19(15-23-20-6-4-5-7-20)12-13-21(22)25-16-18-10-8-17(2)9-11-18;/h8-14,20,23H,3-7,15-16H2,1-2H3;1H. The number of hydrogen-bond donors (Lipinski definition) is 1. The highest BCUT2D eigenvalue weighted by atomic mass is 35.5. The van der Waals surface area contributed by atoms with Gasteiger partial charge in [0.2, 0.25) is 0 Å². The molecule has 0 bridgehead atoms. The fourth-order valence-corrected chi connectivity index (χ4v) is 3.29. The Balaban J connectivity index is 0.00000243. The Morgan fingerprint density at radius 3 is 2.31 bits per heavy atom. The van der Waals surface area contributed by atoms with Crippen LogP contribution in [0.15, 0.2) is 42.5 Å². The number of ether oxygens (including phenoxy) is 2. The van der Waals surface area contributed by atoms with Gasteiger partial charge in [-0.15, -0.1) is 12.4 Å². The average Bonchev–Trinajstić information content (AvgIpc) is 3.14. The molecule has 142 valence electrons. The van der Waals surface area contributed by atoms with Gasteiger partial charge in [0.15, 0.2) is 11.5 Å². The van der Waals surface area contributed by atoms with Gasteiger partial charge >= 0.3 is 0 Å². The van der Waals surface area contributed by atoms with Crippen molar-refractivity contribution in [3.05, 3.63) is 59.2 Å². The third-order valence-corrected chi connectivity index (χ3v) is 4.77. The van der Waals surface area contributed by atoms with Crippen molar-refractivity contribution in [3.63, 3.8) is 0 Å². The zero-order valence-electron chi connectivity index (χ0n) is 15.8. The van der Waals surface area contributed by atoms with Crippen LogP contribution in [0.4, 0.5) is 0 Å². The second-order valence-electron chi connectivity index (χ2n) is 6.85. The fraction of sp³-hybridized carbons (Fsp3) is 0.455. The van der Waals surface area contributed by atoms with Gasteiger partial charge in [-0.25, -0.2) is 0 Å². The number of rotatable bonds is 8. The molecule has 26 heavy (non-hydrogen) atoms. The van der Waals surface area contributed by atoms with E-state index in [9.17, 15) is 0 Å². The Bertz CT molecular complexity index is 666. The molecule has 1 fully saturated rings. The van der Waals surface area contributed by atoms with Gasteiger partial charge in [-0.3, -0.25) is 0 Å². The summed E-state index contributed by atoms with van der Waals surface area (Å²) in [5, 5.41) is 3.65. The third-order valence-electron chi connectivity index (χ3n) is 4.77. The van der Waals surface area contributed by atoms with E-state index in [1.807, 2.05) is 13.0 Å². The number of hydrogen-bond acceptors (Lipinski definition) is 3. The molecule has 2 aromatic rings. The fourth-order valence-electron chi connectivity index (χ4n) is 3.29. The molecular weight excluding hydrogens is 346 g/mol. The largest absolute Gasteiger partial charge is 0.490 e. The number of benzene rings is 2. The van der Waals surface area contributed by atoms with Crippen LogP contribution >= 0.6 is 12.4 Å². The maximum Gasteiger partial charge on any atom is 0.161 e. The molecule has 0 atom stereocenters. The van der Waals surface area contributed by atoms with Crippen LogP contribution in [0.5, 0.6) is 11.5 Å². The lowest BCUT2D eigenvalue weighted by Gasteiger charge is -2.15. The lowest BCUT2D eigenvalue weighted by molar-refractivity contribution is 0.269. The normalized spacial score (nSPS) is 14.1. The van der Waals surface area contributed by atoms with Crippen LogP contribution < -0.4 is 14.8 Å². The molecule has 1 saturated carbocycles. The van der Waals surface area contributed by atoms with E-state index in [4.69, 9.17) is 9.47 Å². The van der Waals surface area contributed by atoms with Gasteiger partial charge in [0, 0.05) is 12.6 Å². The van der Waals surface area contributed by atoms with Crippen molar-refractivity contribution in [2.75, 3.05) is 6.61 Å². The van der Waals surface area contributed by atoms with Crippen LogP contribution in [0, 0.1) is 6.92 Å². The molecule has 2 aromatic carbocycles. The van der Waals surface area contributed by atoms with E-state index in [1.165, 1.54) is 42.4 Å². The monoisotopic (exact) mass is 375 g/mol. The Morgan fingerprint density at radius 1 is 0.923 bits per heavy atom. The van der Waals surface area contributed by atoms with E-state index in [0.717, 1.165) is 18.0 Å². The lowest BCUT2D eigenvalue weighted by Crippen LogP contribution is -2.25. The van der Waals surface area contributed by atoms with Crippen LogP contribution in [0.1, 0.15) is 49.3 Å². The zero-order chi connectivity index (χ0) is 17.5. The summed E-state index contributed by atoms with van der Waals surface area (Å²) in [5.74, 6) is 1.65. The highest BCUT2D eigenvalue weighted by Crippen LogP contribution is 2.29. The summed E-state index contributed by atoms with van der Waals surface area (Å²) in [4.78, 5) is 0. The molecule has 0 unspecified atom stereocenters. The first kappa shape index (κ1) is 20.6. The van der Waals surface area contributed by atoms with Crippen molar-refractivity contribution >= 4 is 12.4 Å². The molecule has 1 N–H and O–H groups in total. The van der Waals surface area contributed by atoms with Crippen molar-refractivity contribution < 1.29 is 9.47 Å².